The predicted molar refractivity (Wildman–Crippen MR) is 104 cm³/mol. The van der Waals surface area contributed by atoms with Crippen LogP contribution in [0.4, 0.5) is 5.82 Å². The number of hydrogen-bond donors (Lipinski definition) is 1. The molecule has 7 nitrogen and oxygen atoms in total. The molecule has 2 aromatic rings. The van der Waals surface area contributed by atoms with Crippen LogP contribution in [0.25, 0.3) is 11.4 Å². The number of carbonyl (C=O) groups is 1. The first kappa shape index (κ1) is 19.2. The molecule has 0 atom stereocenters. The number of anilines is 1. The normalized spacial score (nSPS) is 14.0. The Balaban J connectivity index is 1.96. The number of fused-ring (bicyclic) bond motifs is 1. The first-order valence-corrected chi connectivity index (χ1v) is 9.18. The quantitative estimate of drug-likeness (QED) is 0.843. The molecule has 0 spiro atoms. The van der Waals surface area contributed by atoms with Crippen LogP contribution in [-0.2, 0) is 22.5 Å². The number of aromatic nitrogens is 3. The van der Waals surface area contributed by atoms with Crippen molar-refractivity contribution in [2.24, 2.45) is 5.41 Å². The second-order valence-corrected chi connectivity index (χ2v) is 7.70. The molecule has 1 amide bonds. The molecule has 0 unspecified atom stereocenters. The summed E-state index contributed by atoms with van der Waals surface area (Å²) in [5.41, 5.74) is 2.83. The van der Waals surface area contributed by atoms with Gasteiger partial charge in [-0.05, 0) is 18.6 Å². The van der Waals surface area contributed by atoms with Crippen molar-refractivity contribution in [1.29, 1.82) is 0 Å². The fourth-order valence-corrected chi connectivity index (χ4v) is 3.23. The van der Waals surface area contributed by atoms with Crippen molar-refractivity contribution in [3.05, 3.63) is 35.8 Å². The summed E-state index contributed by atoms with van der Waals surface area (Å²) in [5, 5.41) is 3.50. The molecule has 2 aromatic heterocycles. The van der Waals surface area contributed by atoms with Crippen molar-refractivity contribution in [2.45, 2.75) is 33.7 Å². The Morgan fingerprint density at radius 1 is 1.37 bits per heavy atom. The summed E-state index contributed by atoms with van der Waals surface area (Å²) < 4.78 is 5.32. The average Bonchev–Trinajstić information content (AvgIpc) is 2.66. The van der Waals surface area contributed by atoms with E-state index in [9.17, 15) is 4.79 Å². The first-order valence-electron chi connectivity index (χ1n) is 9.18. The van der Waals surface area contributed by atoms with Gasteiger partial charge in [0.2, 0.25) is 5.91 Å². The minimum absolute atomic E-state index is 0.0267. The van der Waals surface area contributed by atoms with Gasteiger partial charge in [-0.2, -0.15) is 0 Å². The average molecular weight is 369 g/mol. The SMILES string of the molecule is COCC(C)(C)CNc1nc(-c2cccnc2)nc2c1CCN(C(C)=O)C2. The van der Waals surface area contributed by atoms with Gasteiger partial charge in [0.05, 0.1) is 18.8 Å². The largest absolute Gasteiger partial charge is 0.384 e. The zero-order chi connectivity index (χ0) is 19.4. The van der Waals surface area contributed by atoms with Crippen molar-refractivity contribution in [3.8, 4) is 11.4 Å². The standard InChI is InChI=1S/C20H27N5O2/c1-14(26)25-9-7-16-17(11-25)23-18(15-6-5-8-21-10-15)24-19(16)22-12-20(2,3)13-27-4/h5-6,8,10H,7,9,11-13H2,1-4H3,(H,22,23,24). The van der Waals surface area contributed by atoms with E-state index in [1.54, 1.807) is 26.4 Å². The highest BCUT2D eigenvalue weighted by Gasteiger charge is 2.25. The van der Waals surface area contributed by atoms with Gasteiger partial charge in [0.15, 0.2) is 5.82 Å². The van der Waals surface area contributed by atoms with E-state index in [1.165, 1.54) is 0 Å². The Morgan fingerprint density at radius 2 is 2.19 bits per heavy atom. The Labute approximate surface area is 160 Å². The molecule has 0 radical (unpaired) electrons. The van der Waals surface area contributed by atoms with E-state index in [4.69, 9.17) is 14.7 Å². The minimum Gasteiger partial charge on any atom is -0.384 e. The third kappa shape index (κ3) is 4.60. The Bertz CT molecular complexity index is 808. The fourth-order valence-electron chi connectivity index (χ4n) is 3.23. The highest BCUT2D eigenvalue weighted by atomic mass is 16.5. The Kier molecular flexibility index (Phi) is 5.70. The predicted octanol–water partition coefficient (Wildman–Crippen LogP) is 2.53. The molecule has 1 aliphatic rings. The Hall–Kier alpha value is -2.54. The summed E-state index contributed by atoms with van der Waals surface area (Å²) in [4.78, 5) is 27.3. The summed E-state index contributed by atoms with van der Waals surface area (Å²) in [6.07, 6.45) is 4.23. The van der Waals surface area contributed by atoms with E-state index in [1.807, 2.05) is 17.0 Å². The molecular formula is C20H27N5O2. The second kappa shape index (κ2) is 8.00. The maximum Gasteiger partial charge on any atom is 0.219 e. The van der Waals surface area contributed by atoms with Crippen LogP contribution in [0.2, 0.25) is 0 Å². The molecule has 3 heterocycles. The van der Waals surface area contributed by atoms with E-state index >= 15 is 0 Å². The zero-order valence-electron chi connectivity index (χ0n) is 16.5. The molecule has 144 valence electrons. The van der Waals surface area contributed by atoms with Crippen molar-refractivity contribution in [3.63, 3.8) is 0 Å². The van der Waals surface area contributed by atoms with Crippen molar-refractivity contribution in [2.75, 3.05) is 32.1 Å². The smallest absolute Gasteiger partial charge is 0.219 e. The lowest BCUT2D eigenvalue weighted by molar-refractivity contribution is -0.129. The monoisotopic (exact) mass is 369 g/mol. The molecule has 0 saturated carbocycles. The van der Waals surface area contributed by atoms with Crippen LogP contribution in [0.3, 0.4) is 0 Å². The van der Waals surface area contributed by atoms with Gasteiger partial charge in [-0.25, -0.2) is 9.97 Å². The van der Waals surface area contributed by atoms with Gasteiger partial charge < -0.3 is 15.0 Å². The van der Waals surface area contributed by atoms with Crippen LogP contribution in [-0.4, -0.2) is 52.6 Å². The highest BCUT2D eigenvalue weighted by molar-refractivity contribution is 5.74. The summed E-state index contributed by atoms with van der Waals surface area (Å²) in [6, 6.07) is 3.81. The molecule has 0 aliphatic carbocycles. The van der Waals surface area contributed by atoms with Crippen LogP contribution in [0.5, 0.6) is 0 Å². The van der Waals surface area contributed by atoms with Crippen molar-refractivity contribution < 1.29 is 9.53 Å². The molecule has 1 aliphatic heterocycles. The summed E-state index contributed by atoms with van der Waals surface area (Å²) in [6.45, 7) is 8.48. The van der Waals surface area contributed by atoms with Crippen LogP contribution >= 0.6 is 0 Å². The summed E-state index contributed by atoms with van der Waals surface area (Å²) in [5.74, 6) is 1.53. The number of nitrogens with zero attached hydrogens (tertiary/aromatic N) is 4. The maximum absolute atomic E-state index is 11.8. The van der Waals surface area contributed by atoms with Gasteiger partial charge in [-0.3, -0.25) is 9.78 Å². The highest BCUT2D eigenvalue weighted by Crippen LogP contribution is 2.28. The molecule has 3 rings (SSSR count). The number of carbonyl (C=O) groups excluding carboxylic acids is 1. The third-order valence-corrected chi connectivity index (χ3v) is 4.70. The van der Waals surface area contributed by atoms with Gasteiger partial charge in [0, 0.05) is 56.1 Å². The number of methoxy groups -OCH3 is 1. The lowest BCUT2D eigenvalue weighted by Crippen LogP contribution is -2.36. The lowest BCUT2D eigenvalue weighted by atomic mass is 9.94. The fraction of sp³-hybridized carbons (Fsp3) is 0.500. The third-order valence-electron chi connectivity index (χ3n) is 4.70. The number of pyridine rings is 1. The van der Waals surface area contributed by atoms with Crippen molar-refractivity contribution >= 4 is 11.7 Å². The van der Waals surface area contributed by atoms with Gasteiger partial charge in [0.25, 0.3) is 0 Å². The lowest BCUT2D eigenvalue weighted by Gasteiger charge is -2.30. The second-order valence-electron chi connectivity index (χ2n) is 7.70. The maximum atomic E-state index is 11.8. The summed E-state index contributed by atoms with van der Waals surface area (Å²) >= 11 is 0. The zero-order valence-corrected chi connectivity index (χ0v) is 16.5. The topological polar surface area (TPSA) is 80.2 Å². The molecule has 1 N–H and O–H groups in total. The number of hydrogen-bond acceptors (Lipinski definition) is 6. The van der Waals surface area contributed by atoms with E-state index in [0.717, 1.165) is 35.6 Å². The molecule has 0 saturated heterocycles. The first-order chi connectivity index (χ1) is 12.9. The van der Waals surface area contributed by atoms with Crippen molar-refractivity contribution in [1.82, 2.24) is 19.9 Å². The summed E-state index contributed by atoms with van der Waals surface area (Å²) in [7, 11) is 1.71. The molecule has 27 heavy (non-hydrogen) atoms. The van der Waals surface area contributed by atoms with Crippen LogP contribution in [0, 0.1) is 5.41 Å². The molecule has 0 aromatic carbocycles. The molecule has 7 heteroatoms. The Morgan fingerprint density at radius 3 is 2.85 bits per heavy atom. The van der Waals surface area contributed by atoms with E-state index < -0.39 is 0 Å². The van der Waals surface area contributed by atoms with E-state index in [-0.39, 0.29) is 11.3 Å². The van der Waals surface area contributed by atoms with Gasteiger partial charge in [-0.15, -0.1) is 0 Å². The molecule has 0 bridgehead atoms. The van der Waals surface area contributed by atoms with E-state index in [0.29, 0.717) is 25.5 Å². The van der Waals surface area contributed by atoms with Gasteiger partial charge in [0.1, 0.15) is 5.82 Å². The van der Waals surface area contributed by atoms with Crippen LogP contribution < -0.4 is 5.32 Å². The number of amides is 1. The van der Waals surface area contributed by atoms with E-state index in [2.05, 4.69) is 24.1 Å². The number of nitrogens with one attached hydrogen (secondary N) is 1. The molecular weight excluding hydrogens is 342 g/mol. The van der Waals surface area contributed by atoms with Crippen LogP contribution in [0.15, 0.2) is 24.5 Å². The van der Waals surface area contributed by atoms with Gasteiger partial charge in [-0.1, -0.05) is 13.8 Å². The van der Waals surface area contributed by atoms with Gasteiger partial charge >= 0.3 is 0 Å². The number of rotatable bonds is 6. The molecule has 0 fully saturated rings. The minimum atomic E-state index is -0.0267. The van der Waals surface area contributed by atoms with Crippen LogP contribution in [0.1, 0.15) is 32.0 Å². The number of ether oxygens (including phenoxy) is 1.